The van der Waals surface area contributed by atoms with Gasteiger partial charge in [-0.2, -0.15) is 0 Å². The molecule has 1 atom stereocenters. The molecular weight excluding hydrogens is 300 g/mol. The molecule has 2 aromatic rings. The summed E-state index contributed by atoms with van der Waals surface area (Å²) in [5.74, 6) is 1.06. The fraction of sp³-hybridized carbons (Fsp3) is 0.400. The largest absolute Gasteiger partial charge is 0.493 e. The van der Waals surface area contributed by atoms with Crippen LogP contribution in [0.4, 0.5) is 0 Å². The number of benzene rings is 1. The Hall–Kier alpha value is -2.36. The molecule has 0 bridgehead atoms. The Labute approximate surface area is 142 Å². The van der Waals surface area contributed by atoms with Crippen molar-refractivity contribution in [3.63, 3.8) is 0 Å². The van der Waals surface area contributed by atoms with Crippen LogP contribution in [0.15, 0.2) is 42.7 Å². The van der Waals surface area contributed by atoms with Crippen LogP contribution in [0.5, 0.6) is 5.75 Å². The molecule has 4 rings (SSSR count). The topological polar surface area (TPSA) is 42.4 Å². The van der Waals surface area contributed by atoms with Crippen LogP contribution in [-0.2, 0) is 6.42 Å². The van der Waals surface area contributed by atoms with Gasteiger partial charge >= 0.3 is 0 Å². The number of amides is 1. The van der Waals surface area contributed by atoms with Gasteiger partial charge in [0.05, 0.1) is 12.6 Å². The van der Waals surface area contributed by atoms with E-state index >= 15 is 0 Å². The Balaban J connectivity index is 1.65. The number of ether oxygens (including phenoxy) is 1. The second-order valence-corrected chi connectivity index (χ2v) is 6.57. The van der Waals surface area contributed by atoms with Gasteiger partial charge in [-0.25, -0.2) is 0 Å². The summed E-state index contributed by atoms with van der Waals surface area (Å²) in [5, 5.41) is 0. The summed E-state index contributed by atoms with van der Waals surface area (Å²) in [7, 11) is 0. The van der Waals surface area contributed by atoms with E-state index in [-0.39, 0.29) is 11.9 Å². The lowest BCUT2D eigenvalue weighted by Crippen LogP contribution is -2.34. The van der Waals surface area contributed by atoms with Crippen molar-refractivity contribution in [3.05, 3.63) is 59.4 Å². The average molecular weight is 322 g/mol. The summed E-state index contributed by atoms with van der Waals surface area (Å²) >= 11 is 0. The summed E-state index contributed by atoms with van der Waals surface area (Å²) in [5.41, 5.74) is 3.11. The third-order valence-electron chi connectivity index (χ3n) is 5.04. The number of likely N-dealkylation sites (tertiary alicyclic amines) is 1. The molecule has 124 valence electrons. The first-order chi connectivity index (χ1) is 11.8. The van der Waals surface area contributed by atoms with E-state index in [1.54, 1.807) is 0 Å². The number of nitrogens with zero attached hydrogens (tertiary/aromatic N) is 2. The van der Waals surface area contributed by atoms with E-state index in [4.69, 9.17) is 4.74 Å². The van der Waals surface area contributed by atoms with Crippen LogP contribution in [0, 0.1) is 0 Å². The minimum absolute atomic E-state index is 0.133. The van der Waals surface area contributed by atoms with E-state index in [2.05, 4.69) is 9.88 Å². The zero-order valence-corrected chi connectivity index (χ0v) is 13.8. The molecular formula is C20H22N2O2. The molecule has 0 radical (unpaired) electrons. The molecule has 1 aromatic heterocycles. The lowest BCUT2D eigenvalue weighted by molar-refractivity contribution is 0.0680. The maximum Gasteiger partial charge on any atom is 0.254 e. The maximum atomic E-state index is 13.2. The van der Waals surface area contributed by atoms with Crippen molar-refractivity contribution in [2.75, 3.05) is 13.2 Å². The first kappa shape index (κ1) is 15.2. The van der Waals surface area contributed by atoms with Crippen LogP contribution in [0.25, 0.3) is 0 Å². The Morgan fingerprint density at radius 2 is 2.00 bits per heavy atom. The van der Waals surface area contributed by atoms with Gasteiger partial charge in [-0.05, 0) is 54.3 Å². The zero-order valence-electron chi connectivity index (χ0n) is 13.8. The summed E-state index contributed by atoms with van der Waals surface area (Å²) in [6.07, 6.45) is 8.96. The molecule has 1 aromatic carbocycles. The molecule has 3 heterocycles. The Kier molecular flexibility index (Phi) is 4.20. The van der Waals surface area contributed by atoms with Crippen LogP contribution in [0.2, 0.25) is 0 Å². The van der Waals surface area contributed by atoms with Gasteiger partial charge in [-0.1, -0.05) is 12.8 Å². The van der Waals surface area contributed by atoms with E-state index in [1.807, 2.05) is 42.7 Å². The second-order valence-electron chi connectivity index (χ2n) is 6.57. The second kappa shape index (κ2) is 6.63. The molecule has 1 amide bonds. The Morgan fingerprint density at radius 3 is 2.88 bits per heavy atom. The Bertz CT molecular complexity index is 730. The highest BCUT2D eigenvalue weighted by Crippen LogP contribution is 2.32. The fourth-order valence-corrected chi connectivity index (χ4v) is 3.77. The summed E-state index contributed by atoms with van der Waals surface area (Å²) < 4.78 is 5.56. The van der Waals surface area contributed by atoms with Gasteiger partial charge in [-0.15, -0.1) is 0 Å². The quantitative estimate of drug-likeness (QED) is 0.845. The smallest absolute Gasteiger partial charge is 0.254 e. The van der Waals surface area contributed by atoms with E-state index in [9.17, 15) is 4.79 Å². The molecule has 0 N–H and O–H groups in total. The number of hydrogen-bond donors (Lipinski definition) is 0. The molecule has 0 aliphatic carbocycles. The first-order valence-corrected chi connectivity index (χ1v) is 8.79. The molecule has 1 saturated heterocycles. The zero-order chi connectivity index (χ0) is 16.4. The predicted molar refractivity (Wildman–Crippen MR) is 92.1 cm³/mol. The summed E-state index contributed by atoms with van der Waals surface area (Å²) in [4.78, 5) is 19.4. The molecule has 1 fully saturated rings. The lowest BCUT2D eigenvalue weighted by atomic mass is 10.0. The van der Waals surface area contributed by atoms with Gasteiger partial charge < -0.3 is 9.64 Å². The number of aromatic nitrogens is 1. The minimum Gasteiger partial charge on any atom is -0.493 e. The van der Waals surface area contributed by atoms with E-state index < -0.39 is 0 Å². The summed E-state index contributed by atoms with van der Waals surface area (Å²) in [6, 6.07) is 10.1. The van der Waals surface area contributed by atoms with Crippen molar-refractivity contribution in [1.29, 1.82) is 0 Å². The third-order valence-corrected chi connectivity index (χ3v) is 5.04. The number of carbonyl (C=O) groups excluding carboxylic acids is 1. The number of fused-ring (bicyclic) bond motifs is 1. The number of hydrogen-bond acceptors (Lipinski definition) is 3. The molecule has 2 aliphatic rings. The van der Waals surface area contributed by atoms with Crippen molar-refractivity contribution >= 4 is 5.91 Å². The Morgan fingerprint density at radius 1 is 1.12 bits per heavy atom. The standard InChI is InChI=1S/C20H22N2O2/c23-20(17-5-6-19-16(14-17)9-13-24-19)22-12-3-1-2-4-18(22)15-7-10-21-11-8-15/h5-8,10-11,14,18H,1-4,9,12-13H2. The van der Waals surface area contributed by atoms with Gasteiger partial charge in [0.15, 0.2) is 0 Å². The van der Waals surface area contributed by atoms with Gasteiger partial charge in [0, 0.05) is 30.9 Å². The summed E-state index contributed by atoms with van der Waals surface area (Å²) in [6.45, 7) is 1.54. The van der Waals surface area contributed by atoms with Gasteiger partial charge in [-0.3, -0.25) is 9.78 Å². The van der Waals surface area contributed by atoms with Crippen LogP contribution < -0.4 is 4.74 Å². The van der Waals surface area contributed by atoms with Crippen LogP contribution in [0.1, 0.15) is 53.2 Å². The lowest BCUT2D eigenvalue weighted by Gasteiger charge is -2.30. The van der Waals surface area contributed by atoms with Crippen molar-refractivity contribution in [3.8, 4) is 5.75 Å². The molecule has 0 saturated carbocycles. The van der Waals surface area contributed by atoms with Gasteiger partial charge in [0.25, 0.3) is 5.91 Å². The van der Waals surface area contributed by atoms with Crippen molar-refractivity contribution in [2.24, 2.45) is 0 Å². The van der Waals surface area contributed by atoms with Crippen LogP contribution >= 0.6 is 0 Å². The van der Waals surface area contributed by atoms with E-state index in [0.717, 1.165) is 55.7 Å². The average Bonchev–Trinajstić information content (AvgIpc) is 2.96. The molecule has 2 aliphatic heterocycles. The highest BCUT2D eigenvalue weighted by atomic mass is 16.5. The first-order valence-electron chi connectivity index (χ1n) is 8.79. The third kappa shape index (κ3) is 2.88. The van der Waals surface area contributed by atoms with E-state index in [0.29, 0.717) is 0 Å². The van der Waals surface area contributed by atoms with Gasteiger partial charge in [0.1, 0.15) is 5.75 Å². The number of pyridine rings is 1. The molecule has 24 heavy (non-hydrogen) atoms. The maximum absolute atomic E-state index is 13.2. The monoisotopic (exact) mass is 322 g/mol. The molecule has 4 heteroatoms. The SMILES string of the molecule is O=C(c1ccc2c(c1)CCO2)N1CCCCCC1c1ccncc1. The highest BCUT2D eigenvalue weighted by Gasteiger charge is 2.28. The minimum atomic E-state index is 0.133. The van der Waals surface area contributed by atoms with Crippen molar-refractivity contribution in [2.45, 2.75) is 38.1 Å². The fourth-order valence-electron chi connectivity index (χ4n) is 3.77. The highest BCUT2D eigenvalue weighted by molar-refractivity contribution is 5.95. The molecule has 0 spiro atoms. The number of carbonyl (C=O) groups is 1. The van der Waals surface area contributed by atoms with Crippen molar-refractivity contribution in [1.82, 2.24) is 9.88 Å². The van der Waals surface area contributed by atoms with Crippen molar-refractivity contribution < 1.29 is 9.53 Å². The van der Waals surface area contributed by atoms with E-state index in [1.165, 1.54) is 12.0 Å². The van der Waals surface area contributed by atoms with Gasteiger partial charge in [0.2, 0.25) is 0 Å². The number of rotatable bonds is 2. The normalized spacial score (nSPS) is 20.2. The predicted octanol–water partition coefficient (Wildman–Crippen LogP) is 3.77. The van der Waals surface area contributed by atoms with Crippen LogP contribution in [-0.4, -0.2) is 28.9 Å². The van der Waals surface area contributed by atoms with Crippen LogP contribution in [0.3, 0.4) is 0 Å². The molecule has 1 unspecified atom stereocenters. The molecule has 4 nitrogen and oxygen atoms in total.